The number of hydrogen-bond acceptors (Lipinski definition) is 3. The Labute approximate surface area is 116 Å². The van der Waals surface area contributed by atoms with Gasteiger partial charge in [0, 0.05) is 19.3 Å². The van der Waals surface area contributed by atoms with E-state index in [4.69, 9.17) is 5.73 Å². The molecule has 1 rings (SSSR count). The minimum Gasteiger partial charge on any atom is -0.375 e. The van der Waals surface area contributed by atoms with Crippen molar-refractivity contribution < 1.29 is 4.79 Å². The number of primary amides is 1. The fourth-order valence-corrected chi connectivity index (χ4v) is 1.98. The molecule has 106 valence electrons. The first kappa shape index (κ1) is 15.5. The second-order valence-electron chi connectivity index (χ2n) is 4.96. The lowest BCUT2D eigenvalue weighted by Gasteiger charge is -2.22. The molecule has 0 saturated carbocycles. The van der Waals surface area contributed by atoms with Crippen LogP contribution >= 0.6 is 0 Å². The highest BCUT2D eigenvalue weighted by molar-refractivity contribution is 5.79. The van der Waals surface area contributed by atoms with E-state index >= 15 is 0 Å². The largest absolute Gasteiger partial charge is 0.375 e. The van der Waals surface area contributed by atoms with Gasteiger partial charge < -0.3 is 16.0 Å². The zero-order valence-corrected chi connectivity index (χ0v) is 12.1. The molecular weight excluding hydrogens is 238 g/mol. The Hall–Kier alpha value is -1.55. The van der Waals surface area contributed by atoms with Crippen molar-refractivity contribution in [3.63, 3.8) is 0 Å². The standard InChI is InChI=1S/C15H25N3O/c1-4-9-17-14(15(16)19)8-10-18(3)13-7-5-6-12(2)11-13/h5-7,11,14,17H,4,8-10H2,1-3H3,(H2,16,19). The van der Waals surface area contributed by atoms with Crippen LogP contribution in [0.15, 0.2) is 24.3 Å². The third-order valence-electron chi connectivity index (χ3n) is 3.18. The summed E-state index contributed by atoms with van der Waals surface area (Å²) in [6.07, 6.45) is 1.72. The third kappa shape index (κ3) is 5.30. The fourth-order valence-electron chi connectivity index (χ4n) is 1.98. The number of benzene rings is 1. The van der Waals surface area contributed by atoms with Crippen molar-refractivity contribution in [2.75, 3.05) is 25.0 Å². The molecule has 0 radical (unpaired) electrons. The summed E-state index contributed by atoms with van der Waals surface area (Å²) in [5.41, 5.74) is 7.81. The second-order valence-corrected chi connectivity index (χ2v) is 4.96. The quantitative estimate of drug-likeness (QED) is 0.750. The van der Waals surface area contributed by atoms with E-state index in [2.05, 4.69) is 42.3 Å². The molecule has 0 aliphatic carbocycles. The van der Waals surface area contributed by atoms with Gasteiger partial charge in [-0.25, -0.2) is 0 Å². The summed E-state index contributed by atoms with van der Waals surface area (Å²) in [5.74, 6) is -0.272. The molecule has 0 aliphatic rings. The molecule has 1 atom stereocenters. The Bertz CT molecular complexity index is 406. The molecule has 1 amide bonds. The molecule has 1 aromatic rings. The van der Waals surface area contributed by atoms with Crippen LogP contribution in [0.5, 0.6) is 0 Å². The van der Waals surface area contributed by atoms with Gasteiger partial charge >= 0.3 is 0 Å². The van der Waals surface area contributed by atoms with Crippen molar-refractivity contribution >= 4 is 11.6 Å². The number of rotatable bonds is 8. The summed E-state index contributed by atoms with van der Waals surface area (Å²) in [5, 5.41) is 3.19. The molecule has 4 nitrogen and oxygen atoms in total. The summed E-state index contributed by atoms with van der Waals surface area (Å²) in [4.78, 5) is 13.5. The average Bonchev–Trinajstić information content (AvgIpc) is 2.38. The Morgan fingerprint density at radius 3 is 2.79 bits per heavy atom. The zero-order valence-electron chi connectivity index (χ0n) is 12.1. The van der Waals surface area contributed by atoms with Gasteiger partial charge in [-0.2, -0.15) is 0 Å². The lowest BCUT2D eigenvalue weighted by Crippen LogP contribution is -2.43. The number of anilines is 1. The van der Waals surface area contributed by atoms with Crippen molar-refractivity contribution in [1.29, 1.82) is 0 Å². The van der Waals surface area contributed by atoms with Crippen molar-refractivity contribution in [3.05, 3.63) is 29.8 Å². The van der Waals surface area contributed by atoms with Gasteiger partial charge in [0.1, 0.15) is 0 Å². The van der Waals surface area contributed by atoms with Crippen LogP contribution in [0.1, 0.15) is 25.3 Å². The fraction of sp³-hybridized carbons (Fsp3) is 0.533. The molecule has 0 aromatic heterocycles. The number of hydrogen-bond donors (Lipinski definition) is 2. The van der Waals surface area contributed by atoms with Crippen LogP contribution in [0.25, 0.3) is 0 Å². The van der Waals surface area contributed by atoms with E-state index in [1.807, 2.05) is 13.1 Å². The SMILES string of the molecule is CCCNC(CCN(C)c1cccc(C)c1)C(N)=O. The molecule has 0 fully saturated rings. The first-order chi connectivity index (χ1) is 9.04. The van der Waals surface area contributed by atoms with Gasteiger partial charge in [-0.05, 0) is 44.0 Å². The van der Waals surface area contributed by atoms with Gasteiger partial charge in [-0.15, -0.1) is 0 Å². The van der Waals surface area contributed by atoms with Gasteiger partial charge in [0.05, 0.1) is 6.04 Å². The van der Waals surface area contributed by atoms with Crippen molar-refractivity contribution in [2.24, 2.45) is 5.73 Å². The number of nitrogens with two attached hydrogens (primary N) is 1. The summed E-state index contributed by atoms with van der Waals surface area (Å²) in [6, 6.07) is 8.09. The molecule has 0 bridgehead atoms. The van der Waals surface area contributed by atoms with Crippen LogP contribution < -0.4 is 16.0 Å². The van der Waals surface area contributed by atoms with E-state index < -0.39 is 0 Å². The van der Waals surface area contributed by atoms with Crippen LogP contribution in [0.2, 0.25) is 0 Å². The zero-order chi connectivity index (χ0) is 14.3. The summed E-state index contributed by atoms with van der Waals surface area (Å²) >= 11 is 0. The molecule has 0 heterocycles. The average molecular weight is 263 g/mol. The molecule has 0 spiro atoms. The summed E-state index contributed by atoms with van der Waals surface area (Å²) in [7, 11) is 2.03. The van der Waals surface area contributed by atoms with E-state index in [9.17, 15) is 4.79 Å². The van der Waals surface area contributed by atoms with Crippen molar-refractivity contribution in [3.8, 4) is 0 Å². The van der Waals surface area contributed by atoms with Crippen molar-refractivity contribution in [2.45, 2.75) is 32.7 Å². The lowest BCUT2D eigenvalue weighted by molar-refractivity contribution is -0.120. The Morgan fingerprint density at radius 1 is 1.47 bits per heavy atom. The minimum absolute atomic E-state index is 0.243. The molecule has 3 N–H and O–H groups in total. The van der Waals surface area contributed by atoms with E-state index in [1.54, 1.807) is 0 Å². The maximum Gasteiger partial charge on any atom is 0.234 e. The molecule has 4 heteroatoms. The van der Waals surface area contributed by atoms with E-state index in [0.29, 0.717) is 0 Å². The number of aryl methyl sites for hydroxylation is 1. The molecule has 0 saturated heterocycles. The van der Waals surface area contributed by atoms with Crippen molar-refractivity contribution in [1.82, 2.24) is 5.32 Å². The first-order valence-corrected chi connectivity index (χ1v) is 6.85. The van der Waals surface area contributed by atoms with E-state index in [-0.39, 0.29) is 11.9 Å². The van der Waals surface area contributed by atoms with Crippen LogP contribution in [0.3, 0.4) is 0 Å². The highest BCUT2D eigenvalue weighted by Gasteiger charge is 2.14. The number of nitrogens with one attached hydrogen (secondary N) is 1. The smallest absolute Gasteiger partial charge is 0.234 e. The maximum atomic E-state index is 11.3. The minimum atomic E-state index is -0.272. The molecule has 1 aromatic carbocycles. The first-order valence-electron chi connectivity index (χ1n) is 6.85. The number of amides is 1. The Morgan fingerprint density at radius 2 is 2.21 bits per heavy atom. The monoisotopic (exact) mass is 263 g/mol. The van der Waals surface area contributed by atoms with Crippen LogP contribution in [-0.4, -0.2) is 32.1 Å². The highest BCUT2D eigenvalue weighted by atomic mass is 16.1. The van der Waals surface area contributed by atoms with Crippen LogP contribution in [0, 0.1) is 6.92 Å². The molecule has 1 unspecified atom stereocenters. The van der Waals surface area contributed by atoms with E-state index in [1.165, 1.54) is 11.3 Å². The predicted octanol–water partition coefficient (Wildman–Crippen LogP) is 1.67. The molecule has 19 heavy (non-hydrogen) atoms. The van der Waals surface area contributed by atoms with E-state index in [0.717, 1.165) is 25.9 Å². The van der Waals surface area contributed by atoms with Gasteiger partial charge in [0.15, 0.2) is 0 Å². The molecule has 0 aliphatic heterocycles. The van der Waals surface area contributed by atoms with Crippen LogP contribution in [0.4, 0.5) is 5.69 Å². The van der Waals surface area contributed by atoms with Gasteiger partial charge in [0.2, 0.25) is 5.91 Å². The number of carbonyl (C=O) groups is 1. The second kappa shape index (κ2) is 7.79. The van der Waals surface area contributed by atoms with Gasteiger partial charge in [-0.1, -0.05) is 19.1 Å². The van der Waals surface area contributed by atoms with Gasteiger partial charge in [0.25, 0.3) is 0 Å². The number of nitrogens with zero attached hydrogens (tertiary/aromatic N) is 1. The number of carbonyl (C=O) groups excluding carboxylic acids is 1. The topological polar surface area (TPSA) is 58.4 Å². The Kier molecular flexibility index (Phi) is 6.36. The van der Waals surface area contributed by atoms with Crippen LogP contribution in [-0.2, 0) is 4.79 Å². The predicted molar refractivity (Wildman–Crippen MR) is 80.3 cm³/mol. The highest BCUT2D eigenvalue weighted by Crippen LogP contribution is 2.14. The maximum absolute atomic E-state index is 11.3. The molecular formula is C15H25N3O. The summed E-state index contributed by atoms with van der Waals surface area (Å²) < 4.78 is 0. The summed E-state index contributed by atoms with van der Waals surface area (Å²) in [6.45, 7) is 5.77. The lowest BCUT2D eigenvalue weighted by atomic mass is 10.1. The van der Waals surface area contributed by atoms with Gasteiger partial charge in [-0.3, -0.25) is 4.79 Å². The Balaban J connectivity index is 2.51. The normalized spacial score (nSPS) is 12.2. The third-order valence-corrected chi connectivity index (χ3v) is 3.18.